The monoisotopic (exact) mass is 414 g/mol. The largest absolute Gasteiger partial charge is 0.322 e. The fourth-order valence-corrected chi connectivity index (χ4v) is 4.18. The number of fused-ring (bicyclic) bond motifs is 1. The molecule has 30 heavy (non-hydrogen) atoms. The highest BCUT2D eigenvalue weighted by Crippen LogP contribution is 2.56. The molecule has 0 radical (unpaired) electrons. The maximum Gasteiger partial charge on any atom is 0.256 e. The van der Waals surface area contributed by atoms with Crippen LogP contribution in [0.2, 0.25) is 0 Å². The maximum atomic E-state index is 12.8. The first-order valence-electron chi connectivity index (χ1n) is 9.89. The lowest BCUT2D eigenvalue weighted by molar-refractivity contribution is 0.102. The van der Waals surface area contributed by atoms with E-state index in [9.17, 15) is 4.79 Å². The van der Waals surface area contributed by atoms with Crippen molar-refractivity contribution in [3.05, 3.63) is 114 Å². The molecule has 0 aliphatic heterocycles. The molecule has 0 bridgehead atoms. The van der Waals surface area contributed by atoms with Crippen LogP contribution in [0.3, 0.4) is 0 Å². The summed E-state index contributed by atoms with van der Waals surface area (Å²) in [6.07, 6.45) is 0.943. The van der Waals surface area contributed by atoms with Crippen molar-refractivity contribution in [1.82, 2.24) is 0 Å². The SMILES string of the molecule is Cl.NC1(c2ccccc2)CC1c1ccc(NC(=O)c2cccc3ccccc23)cc1. The Hall–Kier alpha value is -3.14. The summed E-state index contributed by atoms with van der Waals surface area (Å²) in [5.74, 6) is 0.214. The van der Waals surface area contributed by atoms with Crippen molar-refractivity contribution in [2.45, 2.75) is 17.9 Å². The predicted molar refractivity (Wildman–Crippen MR) is 125 cm³/mol. The van der Waals surface area contributed by atoms with Gasteiger partial charge in [-0.3, -0.25) is 4.79 Å². The van der Waals surface area contributed by atoms with E-state index in [1.807, 2.05) is 72.8 Å². The van der Waals surface area contributed by atoms with Crippen molar-refractivity contribution < 1.29 is 4.79 Å². The van der Waals surface area contributed by atoms with Crippen LogP contribution in [-0.2, 0) is 5.54 Å². The van der Waals surface area contributed by atoms with Crippen LogP contribution in [0.15, 0.2) is 97.1 Å². The van der Waals surface area contributed by atoms with Crippen molar-refractivity contribution >= 4 is 34.8 Å². The highest BCUT2D eigenvalue weighted by Gasteiger charge is 2.52. The molecule has 1 amide bonds. The summed E-state index contributed by atoms with van der Waals surface area (Å²) in [5.41, 5.74) is 10.2. The Morgan fingerprint density at radius 1 is 0.833 bits per heavy atom. The van der Waals surface area contributed by atoms with Crippen LogP contribution in [0.25, 0.3) is 10.8 Å². The number of nitrogens with two attached hydrogens (primary N) is 1. The molecule has 150 valence electrons. The van der Waals surface area contributed by atoms with Gasteiger partial charge in [0.1, 0.15) is 0 Å². The van der Waals surface area contributed by atoms with Crippen LogP contribution >= 0.6 is 12.4 Å². The van der Waals surface area contributed by atoms with Gasteiger partial charge >= 0.3 is 0 Å². The van der Waals surface area contributed by atoms with Crippen molar-refractivity contribution in [2.75, 3.05) is 5.32 Å². The van der Waals surface area contributed by atoms with Crippen molar-refractivity contribution in [3.8, 4) is 0 Å². The second kappa shape index (κ2) is 7.94. The van der Waals surface area contributed by atoms with Gasteiger partial charge in [-0.2, -0.15) is 0 Å². The molecular weight excluding hydrogens is 392 g/mol. The third-order valence-corrected chi connectivity index (χ3v) is 5.92. The Morgan fingerprint density at radius 2 is 1.50 bits per heavy atom. The summed E-state index contributed by atoms with van der Waals surface area (Å²) in [6, 6.07) is 32.0. The average molecular weight is 415 g/mol. The number of anilines is 1. The Kier molecular flexibility index (Phi) is 5.33. The molecule has 4 heteroatoms. The smallest absolute Gasteiger partial charge is 0.256 e. The first kappa shape index (κ1) is 20.1. The zero-order valence-electron chi connectivity index (χ0n) is 16.4. The number of hydrogen-bond donors (Lipinski definition) is 2. The van der Waals surface area contributed by atoms with Crippen molar-refractivity contribution in [3.63, 3.8) is 0 Å². The molecule has 2 unspecified atom stereocenters. The Morgan fingerprint density at radius 3 is 2.27 bits per heavy atom. The minimum atomic E-state index is -0.283. The standard InChI is InChI=1S/C26H22N2O.ClH/c27-26(20-9-2-1-3-10-20)17-24(26)19-13-15-21(16-14-19)28-25(29)23-12-6-8-18-7-4-5-11-22(18)23;/h1-16,24H,17,27H2,(H,28,29);1H. The van der Waals surface area contributed by atoms with E-state index in [-0.39, 0.29) is 23.9 Å². The quantitative estimate of drug-likeness (QED) is 0.439. The van der Waals surface area contributed by atoms with Gasteiger partial charge in [-0.1, -0.05) is 78.9 Å². The zero-order valence-corrected chi connectivity index (χ0v) is 17.2. The number of hydrogen-bond acceptors (Lipinski definition) is 2. The van der Waals surface area contributed by atoms with Gasteiger partial charge in [-0.25, -0.2) is 0 Å². The molecule has 2 atom stereocenters. The second-order valence-electron chi connectivity index (χ2n) is 7.77. The molecule has 5 rings (SSSR count). The molecule has 1 aliphatic rings. The Labute approximate surface area is 182 Å². The molecule has 1 saturated carbocycles. The van der Waals surface area contributed by atoms with Crippen molar-refractivity contribution in [1.29, 1.82) is 0 Å². The first-order valence-corrected chi connectivity index (χ1v) is 9.89. The van der Waals surface area contributed by atoms with Crippen LogP contribution in [0.4, 0.5) is 5.69 Å². The molecule has 1 aliphatic carbocycles. The minimum absolute atomic E-state index is 0. The van der Waals surface area contributed by atoms with Gasteiger partial charge in [-0.05, 0) is 46.5 Å². The number of halogens is 1. The fraction of sp³-hybridized carbons (Fsp3) is 0.115. The summed E-state index contributed by atoms with van der Waals surface area (Å²) >= 11 is 0. The number of benzene rings is 4. The third kappa shape index (κ3) is 3.58. The second-order valence-corrected chi connectivity index (χ2v) is 7.77. The summed E-state index contributed by atoms with van der Waals surface area (Å²) in [6.45, 7) is 0. The van der Waals surface area contributed by atoms with Crippen LogP contribution in [0.5, 0.6) is 0 Å². The van der Waals surface area contributed by atoms with E-state index in [0.717, 1.165) is 22.9 Å². The van der Waals surface area contributed by atoms with E-state index in [4.69, 9.17) is 5.73 Å². The molecule has 0 spiro atoms. The molecule has 4 aromatic rings. The molecule has 4 aromatic carbocycles. The van der Waals surface area contributed by atoms with Gasteiger partial charge in [0.25, 0.3) is 5.91 Å². The zero-order chi connectivity index (χ0) is 19.8. The molecule has 0 saturated heterocycles. The number of carbonyl (C=O) groups is 1. The molecule has 0 heterocycles. The molecule has 3 N–H and O–H groups in total. The van der Waals surface area contributed by atoms with Crippen LogP contribution < -0.4 is 11.1 Å². The summed E-state index contributed by atoms with van der Waals surface area (Å²) in [5, 5.41) is 5.04. The number of carbonyl (C=O) groups excluding carboxylic acids is 1. The molecule has 3 nitrogen and oxygen atoms in total. The predicted octanol–water partition coefficient (Wildman–Crippen LogP) is 5.86. The van der Waals surface area contributed by atoms with Crippen molar-refractivity contribution in [2.24, 2.45) is 5.73 Å². The average Bonchev–Trinajstić information content (AvgIpc) is 3.47. The number of amides is 1. The Balaban J connectivity index is 0.00000218. The minimum Gasteiger partial charge on any atom is -0.322 e. The van der Waals surface area contributed by atoms with E-state index in [1.165, 1.54) is 11.1 Å². The lowest BCUT2D eigenvalue weighted by Crippen LogP contribution is -2.21. The summed E-state index contributed by atoms with van der Waals surface area (Å²) in [7, 11) is 0. The van der Waals surface area contributed by atoms with Crippen LogP contribution in [0, 0.1) is 0 Å². The van der Waals surface area contributed by atoms with Crippen LogP contribution in [-0.4, -0.2) is 5.91 Å². The van der Waals surface area contributed by atoms with E-state index in [0.29, 0.717) is 11.5 Å². The first-order chi connectivity index (χ1) is 14.1. The lowest BCUT2D eigenvalue weighted by Gasteiger charge is -2.13. The van der Waals surface area contributed by atoms with Gasteiger partial charge in [0.2, 0.25) is 0 Å². The molecule has 1 fully saturated rings. The summed E-state index contributed by atoms with van der Waals surface area (Å²) < 4.78 is 0. The van der Waals surface area contributed by atoms with Gasteiger partial charge < -0.3 is 11.1 Å². The lowest BCUT2D eigenvalue weighted by atomic mass is 9.99. The Bertz CT molecular complexity index is 1190. The van der Waals surface area contributed by atoms with E-state index >= 15 is 0 Å². The van der Waals surface area contributed by atoms with Crippen LogP contribution in [0.1, 0.15) is 33.8 Å². The topological polar surface area (TPSA) is 55.1 Å². The van der Waals surface area contributed by atoms with E-state index in [2.05, 4.69) is 29.6 Å². The van der Waals surface area contributed by atoms with E-state index in [1.54, 1.807) is 0 Å². The van der Waals surface area contributed by atoms with Gasteiger partial charge in [0, 0.05) is 22.7 Å². The third-order valence-electron chi connectivity index (χ3n) is 5.92. The highest BCUT2D eigenvalue weighted by atomic mass is 35.5. The number of nitrogens with one attached hydrogen (secondary N) is 1. The van der Waals surface area contributed by atoms with Gasteiger partial charge in [0.05, 0.1) is 0 Å². The summed E-state index contributed by atoms with van der Waals surface area (Å²) in [4.78, 5) is 12.8. The normalized spacial score (nSPS) is 19.7. The molecular formula is C26H23ClN2O. The number of rotatable bonds is 4. The van der Waals surface area contributed by atoms with Gasteiger partial charge in [0.15, 0.2) is 0 Å². The highest BCUT2D eigenvalue weighted by molar-refractivity contribution is 6.12. The molecule has 0 aromatic heterocycles. The maximum absolute atomic E-state index is 12.8. The van der Waals surface area contributed by atoms with E-state index < -0.39 is 0 Å². The van der Waals surface area contributed by atoms with Gasteiger partial charge in [-0.15, -0.1) is 12.4 Å². The fourth-order valence-electron chi connectivity index (χ4n) is 4.18.